The summed E-state index contributed by atoms with van der Waals surface area (Å²) in [7, 11) is 1.56. The molecule has 230 valence electrons. The van der Waals surface area contributed by atoms with Crippen molar-refractivity contribution in [2.24, 2.45) is 0 Å². The largest absolute Gasteiger partial charge is 0.508 e. The van der Waals surface area contributed by atoms with Crippen LogP contribution in [0.4, 0.5) is 10.5 Å². The van der Waals surface area contributed by atoms with Crippen LogP contribution in [-0.2, 0) is 20.7 Å². The molecular formula is C34H43N3O6. The number of hydrogen-bond donors (Lipinski definition) is 3. The maximum absolute atomic E-state index is 14.6. The van der Waals surface area contributed by atoms with Crippen molar-refractivity contribution < 1.29 is 29.0 Å². The fourth-order valence-corrected chi connectivity index (χ4v) is 4.58. The Labute approximate surface area is 254 Å². The van der Waals surface area contributed by atoms with Crippen molar-refractivity contribution in [2.45, 2.75) is 78.1 Å². The van der Waals surface area contributed by atoms with Crippen molar-refractivity contribution >= 4 is 23.6 Å². The van der Waals surface area contributed by atoms with E-state index >= 15 is 0 Å². The van der Waals surface area contributed by atoms with E-state index in [0.29, 0.717) is 22.6 Å². The molecule has 2 atom stereocenters. The van der Waals surface area contributed by atoms with E-state index in [-0.39, 0.29) is 12.2 Å². The van der Waals surface area contributed by atoms with E-state index < -0.39 is 41.1 Å². The lowest BCUT2D eigenvalue weighted by molar-refractivity contribution is -0.146. The third-order valence-corrected chi connectivity index (χ3v) is 6.58. The van der Waals surface area contributed by atoms with E-state index in [0.717, 1.165) is 5.56 Å². The number of anilines is 1. The summed E-state index contributed by atoms with van der Waals surface area (Å²) in [5.41, 5.74) is 1.21. The first-order chi connectivity index (χ1) is 20.1. The topological polar surface area (TPSA) is 117 Å². The normalized spacial score (nSPS) is 12.9. The number of phenols is 1. The first kappa shape index (κ1) is 33.0. The van der Waals surface area contributed by atoms with Crippen LogP contribution in [0.3, 0.4) is 0 Å². The summed E-state index contributed by atoms with van der Waals surface area (Å²) >= 11 is 0. The fraction of sp³-hybridized carbons (Fsp3) is 0.382. The van der Waals surface area contributed by atoms with Gasteiger partial charge in [0, 0.05) is 17.6 Å². The van der Waals surface area contributed by atoms with Gasteiger partial charge in [0.1, 0.15) is 29.2 Å². The van der Waals surface area contributed by atoms with Gasteiger partial charge in [0.15, 0.2) is 0 Å². The lowest BCUT2D eigenvalue weighted by atomic mass is 9.93. The van der Waals surface area contributed by atoms with Gasteiger partial charge in [0.05, 0.1) is 7.11 Å². The van der Waals surface area contributed by atoms with Crippen molar-refractivity contribution in [3.63, 3.8) is 0 Å². The Kier molecular flexibility index (Phi) is 10.5. The average Bonchev–Trinajstić information content (AvgIpc) is 2.91. The maximum Gasteiger partial charge on any atom is 0.408 e. The first-order valence-electron chi connectivity index (χ1n) is 14.2. The number of methoxy groups -OCH3 is 1. The number of carbonyl (C=O) groups excluding carboxylic acids is 3. The van der Waals surface area contributed by atoms with Crippen LogP contribution >= 0.6 is 0 Å². The van der Waals surface area contributed by atoms with Crippen molar-refractivity contribution in [3.8, 4) is 11.5 Å². The molecule has 0 aliphatic rings. The Morgan fingerprint density at radius 1 is 0.860 bits per heavy atom. The van der Waals surface area contributed by atoms with Crippen LogP contribution in [0.2, 0.25) is 0 Å². The van der Waals surface area contributed by atoms with Gasteiger partial charge < -0.3 is 30.1 Å². The van der Waals surface area contributed by atoms with Crippen LogP contribution in [-0.4, -0.2) is 52.2 Å². The van der Waals surface area contributed by atoms with E-state index in [2.05, 4.69) is 10.6 Å². The van der Waals surface area contributed by atoms with Crippen molar-refractivity contribution in [3.05, 3.63) is 89.5 Å². The summed E-state index contributed by atoms with van der Waals surface area (Å²) in [5.74, 6) is -0.164. The number of amides is 3. The van der Waals surface area contributed by atoms with Gasteiger partial charge >= 0.3 is 6.09 Å². The fourth-order valence-electron chi connectivity index (χ4n) is 4.58. The minimum Gasteiger partial charge on any atom is -0.508 e. The predicted molar refractivity (Wildman–Crippen MR) is 167 cm³/mol. The highest BCUT2D eigenvalue weighted by atomic mass is 16.6. The number of aromatic hydroxyl groups is 1. The summed E-state index contributed by atoms with van der Waals surface area (Å²) in [6, 6.07) is 18.6. The zero-order valence-electron chi connectivity index (χ0n) is 26.2. The molecule has 0 heterocycles. The average molecular weight is 590 g/mol. The zero-order valence-corrected chi connectivity index (χ0v) is 26.2. The predicted octanol–water partition coefficient (Wildman–Crippen LogP) is 6.15. The van der Waals surface area contributed by atoms with E-state index in [1.807, 2.05) is 52.0 Å². The Morgan fingerprint density at radius 2 is 1.44 bits per heavy atom. The van der Waals surface area contributed by atoms with Crippen LogP contribution in [0.1, 0.15) is 64.3 Å². The number of benzene rings is 3. The Morgan fingerprint density at radius 3 is 1.95 bits per heavy atom. The van der Waals surface area contributed by atoms with Gasteiger partial charge in [-0.2, -0.15) is 0 Å². The van der Waals surface area contributed by atoms with Crippen molar-refractivity contribution in [1.29, 1.82) is 0 Å². The summed E-state index contributed by atoms with van der Waals surface area (Å²) in [6.07, 6.45) is -0.654. The molecule has 0 saturated carbocycles. The Balaban J connectivity index is 2.08. The molecule has 3 N–H and O–H groups in total. The van der Waals surface area contributed by atoms with Gasteiger partial charge in [-0.05, 0) is 96.0 Å². The van der Waals surface area contributed by atoms with Crippen LogP contribution in [0, 0.1) is 6.92 Å². The zero-order chi connectivity index (χ0) is 31.9. The molecule has 0 aliphatic heterocycles. The Hall–Kier alpha value is -4.53. The minimum atomic E-state index is -1.08. The molecule has 9 heteroatoms. The van der Waals surface area contributed by atoms with Gasteiger partial charge in [-0.3, -0.25) is 9.59 Å². The number of ether oxygens (including phenoxy) is 2. The molecule has 3 rings (SSSR count). The molecule has 0 bridgehead atoms. The second kappa shape index (κ2) is 13.6. The monoisotopic (exact) mass is 589 g/mol. The van der Waals surface area contributed by atoms with Crippen LogP contribution < -0.4 is 15.4 Å². The first-order valence-corrected chi connectivity index (χ1v) is 14.2. The van der Waals surface area contributed by atoms with Gasteiger partial charge in [-0.1, -0.05) is 42.0 Å². The molecule has 43 heavy (non-hydrogen) atoms. The van der Waals surface area contributed by atoms with E-state index in [1.54, 1.807) is 64.3 Å². The number of nitrogens with zero attached hydrogens (tertiary/aromatic N) is 1. The second-order valence-electron chi connectivity index (χ2n) is 12.5. The SMILES string of the molecule is COc1ccc(NC(=O)C(c2ccc(C)cc2)N(C(=O)C(Cc2ccc(O)cc2)NC(=O)OC(C)(C)C)C(C)(C)C)cc1. The number of nitrogens with one attached hydrogen (secondary N) is 2. The molecule has 3 amide bonds. The third-order valence-electron chi connectivity index (χ3n) is 6.58. The van der Waals surface area contributed by atoms with Crippen LogP contribution in [0.15, 0.2) is 72.8 Å². The molecule has 3 aromatic rings. The molecule has 0 saturated heterocycles. The quantitative estimate of drug-likeness (QED) is 0.276. The van der Waals surface area contributed by atoms with E-state index in [1.165, 1.54) is 17.0 Å². The van der Waals surface area contributed by atoms with E-state index in [4.69, 9.17) is 9.47 Å². The smallest absolute Gasteiger partial charge is 0.408 e. The Bertz CT molecular complexity index is 1390. The molecule has 0 aromatic heterocycles. The highest BCUT2D eigenvalue weighted by Gasteiger charge is 2.42. The van der Waals surface area contributed by atoms with Crippen LogP contribution in [0.25, 0.3) is 0 Å². The lowest BCUT2D eigenvalue weighted by Gasteiger charge is -2.43. The molecule has 0 fully saturated rings. The molecule has 3 aromatic carbocycles. The maximum atomic E-state index is 14.6. The molecule has 9 nitrogen and oxygen atoms in total. The molecule has 0 spiro atoms. The number of rotatable bonds is 9. The van der Waals surface area contributed by atoms with Crippen molar-refractivity contribution in [2.75, 3.05) is 12.4 Å². The van der Waals surface area contributed by atoms with Gasteiger partial charge in [0.2, 0.25) is 5.91 Å². The third kappa shape index (κ3) is 9.49. The molecule has 0 radical (unpaired) electrons. The highest BCUT2D eigenvalue weighted by molar-refractivity contribution is 5.99. The number of aryl methyl sites for hydroxylation is 1. The van der Waals surface area contributed by atoms with Gasteiger partial charge in [-0.25, -0.2) is 4.79 Å². The van der Waals surface area contributed by atoms with Gasteiger partial charge in [-0.15, -0.1) is 0 Å². The number of hydrogen-bond acceptors (Lipinski definition) is 6. The minimum absolute atomic E-state index is 0.0812. The standard InChI is InChI=1S/C34H43N3O6/c1-22-9-13-24(14-10-22)29(30(39)35-25-15-19-27(42-8)20-16-25)37(33(2,3)4)31(40)28(36-32(41)43-34(5,6)7)21-23-11-17-26(38)18-12-23/h9-20,28-29,38H,21H2,1-8H3,(H,35,39)(H,36,41). The number of phenolic OH excluding ortho intramolecular Hbond substituents is 1. The molecular weight excluding hydrogens is 546 g/mol. The summed E-state index contributed by atoms with van der Waals surface area (Å²) in [5, 5.41) is 15.5. The number of carbonyl (C=O) groups is 3. The summed E-state index contributed by atoms with van der Waals surface area (Å²) in [6.45, 7) is 12.7. The van der Waals surface area contributed by atoms with Crippen molar-refractivity contribution in [1.82, 2.24) is 10.2 Å². The lowest BCUT2D eigenvalue weighted by Crippen LogP contribution is -2.58. The second-order valence-corrected chi connectivity index (χ2v) is 12.5. The number of alkyl carbamates (subject to hydrolysis) is 1. The van der Waals surface area contributed by atoms with Crippen LogP contribution in [0.5, 0.6) is 11.5 Å². The van der Waals surface area contributed by atoms with Gasteiger partial charge in [0.25, 0.3) is 5.91 Å². The molecule has 0 aliphatic carbocycles. The summed E-state index contributed by atoms with van der Waals surface area (Å²) in [4.78, 5) is 43.2. The summed E-state index contributed by atoms with van der Waals surface area (Å²) < 4.78 is 10.7. The highest BCUT2D eigenvalue weighted by Crippen LogP contribution is 2.32. The van der Waals surface area contributed by atoms with E-state index in [9.17, 15) is 19.5 Å². The molecule has 2 unspecified atom stereocenters.